The van der Waals surface area contributed by atoms with E-state index in [-0.39, 0.29) is 18.0 Å². The highest BCUT2D eigenvalue weighted by atomic mass is 16.1. The molecule has 0 N–H and O–H groups in total. The smallest absolute Gasteiger partial charge is 0.170 e. The topological polar surface area (TPSA) is 34.1 Å². The fourth-order valence-electron chi connectivity index (χ4n) is 2.98. The first-order chi connectivity index (χ1) is 12.1. The predicted molar refractivity (Wildman–Crippen MR) is 100 cm³/mol. The van der Waals surface area contributed by atoms with Gasteiger partial charge in [0.05, 0.1) is 5.92 Å². The first-order valence-electron chi connectivity index (χ1n) is 8.39. The summed E-state index contributed by atoms with van der Waals surface area (Å²) in [4.78, 5) is 25.8. The molecule has 0 aliphatic heterocycles. The second-order valence-corrected chi connectivity index (χ2v) is 6.19. The number of benzene rings is 3. The van der Waals surface area contributed by atoms with E-state index in [1.165, 1.54) is 0 Å². The summed E-state index contributed by atoms with van der Waals surface area (Å²) < 4.78 is 0. The first-order valence-corrected chi connectivity index (χ1v) is 8.39. The zero-order valence-electron chi connectivity index (χ0n) is 14.2. The van der Waals surface area contributed by atoms with Crippen LogP contribution in [0.1, 0.15) is 44.2 Å². The minimum absolute atomic E-state index is 0.0172. The second-order valence-electron chi connectivity index (χ2n) is 6.19. The summed E-state index contributed by atoms with van der Waals surface area (Å²) in [7, 11) is 0. The average Bonchev–Trinajstić information content (AvgIpc) is 2.67. The van der Waals surface area contributed by atoms with Gasteiger partial charge in [0.1, 0.15) is 0 Å². The molecule has 0 radical (unpaired) electrons. The van der Waals surface area contributed by atoms with Crippen molar-refractivity contribution in [2.75, 3.05) is 0 Å². The molecule has 0 saturated heterocycles. The van der Waals surface area contributed by atoms with Gasteiger partial charge in [-0.15, -0.1) is 0 Å². The monoisotopic (exact) mass is 328 g/mol. The van der Waals surface area contributed by atoms with E-state index >= 15 is 0 Å². The minimum atomic E-state index is -0.477. The molecule has 0 aromatic heterocycles. The molecule has 0 aliphatic carbocycles. The summed E-state index contributed by atoms with van der Waals surface area (Å²) in [5, 5.41) is 0. The van der Waals surface area contributed by atoms with Crippen molar-refractivity contribution in [3.63, 3.8) is 0 Å². The van der Waals surface area contributed by atoms with E-state index in [2.05, 4.69) is 0 Å². The Morgan fingerprint density at radius 3 is 1.96 bits per heavy atom. The summed E-state index contributed by atoms with van der Waals surface area (Å²) in [6, 6.07) is 26.2. The number of aryl methyl sites for hydroxylation is 1. The number of carbonyl (C=O) groups excluding carboxylic acids is 2. The summed E-state index contributed by atoms with van der Waals surface area (Å²) in [6.07, 6.45) is 0.168. The highest BCUT2D eigenvalue weighted by Crippen LogP contribution is 2.27. The Balaban J connectivity index is 1.95. The van der Waals surface area contributed by atoms with E-state index in [1.807, 2.05) is 67.6 Å². The molecular weight excluding hydrogens is 308 g/mol. The van der Waals surface area contributed by atoms with Gasteiger partial charge in [0.25, 0.3) is 0 Å². The third kappa shape index (κ3) is 4.10. The third-order valence-electron chi connectivity index (χ3n) is 4.30. The largest absolute Gasteiger partial charge is 0.294 e. The number of rotatable bonds is 6. The fourth-order valence-corrected chi connectivity index (χ4v) is 2.98. The van der Waals surface area contributed by atoms with Gasteiger partial charge in [-0.25, -0.2) is 0 Å². The zero-order valence-corrected chi connectivity index (χ0v) is 14.2. The van der Waals surface area contributed by atoms with Gasteiger partial charge in [-0.3, -0.25) is 9.59 Å². The summed E-state index contributed by atoms with van der Waals surface area (Å²) >= 11 is 0. The lowest BCUT2D eigenvalue weighted by Crippen LogP contribution is -2.17. The number of hydrogen-bond acceptors (Lipinski definition) is 2. The molecule has 1 unspecified atom stereocenters. The highest BCUT2D eigenvalue weighted by molar-refractivity contribution is 6.06. The molecule has 2 nitrogen and oxygen atoms in total. The Kier molecular flexibility index (Phi) is 5.20. The molecule has 3 aromatic carbocycles. The minimum Gasteiger partial charge on any atom is -0.294 e. The van der Waals surface area contributed by atoms with Crippen LogP contribution in [0.25, 0.3) is 0 Å². The molecule has 25 heavy (non-hydrogen) atoms. The maximum Gasteiger partial charge on any atom is 0.170 e. The van der Waals surface area contributed by atoms with Crippen LogP contribution in [-0.2, 0) is 0 Å². The molecule has 0 aliphatic rings. The van der Waals surface area contributed by atoms with E-state index in [1.54, 1.807) is 24.3 Å². The van der Waals surface area contributed by atoms with Crippen LogP contribution >= 0.6 is 0 Å². The normalized spacial score (nSPS) is 11.7. The molecule has 124 valence electrons. The van der Waals surface area contributed by atoms with Crippen LogP contribution in [-0.4, -0.2) is 11.6 Å². The fraction of sp³-hybridized carbons (Fsp3) is 0.130. The van der Waals surface area contributed by atoms with Gasteiger partial charge in [0, 0.05) is 17.5 Å². The maximum atomic E-state index is 13.1. The lowest BCUT2D eigenvalue weighted by atomic mass is 9.85. The molecule has 2 heteroatoms. The van der Waals surface area contributed by atoms with Gasteiger partial charge in [0.15, 0.2) is 11.6 Å². The van der Waals surface area contributed by atoms with Crippen LogP contribution in [0.3, 0.4) is 0 Å². The highest BCUT2D eigenvalue weighted by Gasteiger charge is 2.25. The molecule has 0 heterocycles. The summed E-state index contributed by atoms with van der Waals surface area (Å²) in [5.74, 6) is -0.512. The van der Waals surface area contributed by atoms with E-state index in [0.717, 1.165) is 11.1 Å². The van der Waals surface area contributed by atoms with Gasteiger partial charge in [-0.1, -0.05) is 90.5 Å². The van der Waals surface area contributed by atoms with Crippen LogP contribution in [0.15, 0.2) is 84.9 Å². The number of carbonyl (C=O) groups is 2. The van der Waals surface area contributed by atoms with Crippen molar-refractivity contribution < 1.29 is 9.59 Å². The molecular formula is C23H20O2. The number of Topliss-reactive ketones (excluding diaryl/α,β-unsaturated/α-hetero) is 2. The van der Waals surface area contributed by atoms with Crippen molar-refractivity contribution in [2.45, 2.75) is 19.3 Å². The molecule has 0 bridgehead atoms. The predicted octanol–water partition coefficient (Wildman–Crippen LogP) is 5.23. The van der Waals surface area contributed by atoms with Gasteiger partial charge in [0.2, 0.25) is 0 Å². The van der Waals surface area contributed by atoms with E-state index in [9.17, 15) is 9.59 Å². The van der Waals surface area contributed by atoms with Gasteiger partial charge in [-0.05, 0) is 12.5 Å². The first kappa shape index (κ1) is 16.8. The third-order valence-corrected chi connectivity index (χ3v) is 4.30. The van der Waals surface area contributed by atoms with Crippen LogP contribution in [0.5, 0.6) is 0 Å². The van der Waals surface area contributed by atoms with Gasteiger partial charge in [-0.2, -0.15) is 0 Å². The molecule has 3 aromatic rings. The van der Waals surface area contributed by atoms with Crippen molar-refractivity contribution in [3.8, 4) is 0 Å². The van der Waals surface area contributed by atoms with Gasteiger partial charge >= 0.3 is 0 Å². The van der Waals surface area contributed by atoms with Crippen molar-refractivity contribution >= 4 is 11.6 Å². The van der Waals surface area contributed by atoms with Crippen LogP contribution < -0.4 is 0 Å². The van der Waals surface area contributed by atoms with Crippen LogP contribution in [0, 0.1) is 6.92 Å². The Hall–Kier alpha value is -3.00. The average molecular weight is 328 g/mol. The molecule has 0 amide bonds. The SMILES string of the molecule is Cc1cccc(C(CC(=O)c2ccccc2)C(=O)c2ccccc2)c1. The summed E-state index contributed by atoms with van der Waals surface area (Å²) in [6.45, 7) is 1.99. The standard InChI is InChI=1S/C23H20O2/c1-17-9-8-14-20(15-17)21(23(25)19-12-6-3-7-13-19)16-22(24)18-10-4-2-5-11-18/h2-15,21H,16H2,1H3. The zero-order chi connectivity index (χ0) is 17.6. The lowest BCUT2D eigenvalue weighted by Gasteiger charge is -2.16. The van der Waals surface area contributed by atoms with E-state index in [4.69, 9.17) is 0 Å². The van der Waals surface area contributed by atoms with Crippen molar-refractivity contribution in [1.82, 2.24) is 0 Å². The summed E-state index contributed by atoms with van der Waals surface area (Å²) in [5.41, 5.74) is 3.24. The number of hydrogen-bond donors (Lipinski definition) is 0. The van der Waals surface area contributed by atoms with Crippen molar-refractivity contribution in [1.29, 1.82) is 0 Å². The second kappa shape index (κ2) is 7.71. The Labute approximate surface area is 148 Å². The molecule has 1 atom stereocenters. The quantitative estimate of drug-likeness (QED) is 0.580. The van der Waals surface area contributed by atoms with Crippen molar-refractivity contribution in [3.05, 3.63) is 107 Å². The van der Waals surface area contributed by atoms with Gasteiger partial charge < -0.3 is 0 Å². The Morgan fingerprint density at radius 2 is 1.36 bits per heavy atom. The lowest BCUT2D eigenvalue weighted by molar-refractivity contribution is 0.0893. The molecule has 0 fully saturated rings. The van der Waals surface area contributed by atoms with E-state index in [0.29, 0.717) is 11.1 Å². The van der Waals surface area contributed by atoms with Crippen molar-refractivity contribution in [2.24, 2.45) is 0 Å². The van der Waals surface area contributed by atoms with Crippen LogP contribution in [0.2, 0.25) is 0 Å². The van der Waals surface area contributed by atoms with Crippen LogP contribution in [0.4, 0.5) is 0 Å². The number of ketones is 2. The molecule has 3 rings (SSSR count). The maximum absolute atomic E-state index is 13.1. The molecule has 0 spiro atoms. The Morgan fingerprint density at radius 1 is 0.760 bits per heavy atom. The molecule has 0 saturated carbocycles. The van der Waals surface area contributed by atoms with E-state index < -0.39 is 5.92 Å². The Bertz CT molecular complexity index is 867.